The van der Waals surface area contributed by atoms with E-state index in [1.807, 2.05) is 0 Å². The predicted octanol–water partition coefficient (Wildman–Crippen LogP) is 4.83. The molecule has 0 saturated heterocycles. The van der Waals surface area contributed by atoms with Gasteiger partial charge in [0, 0.05) is 6.04 Å². The first kappa shape index (κ1) is 13.1. The van der Waals surface area contributed by atoms with E-state index in [1.54, 1.807) is 0 Å². The number of benzene rings is 2. The molecule has 0 heterocycles. The summed E-state index contributed by atoms with van der Waals surface area (Å²) >= 11 is 0. The Morgan fingerprint density at radius 3 is 2.33 bits per heavy atom. The molecular formula is C20H23N. The van der Waals surface area contributed by atoms with Crippen molar-refractivity contribution < 1.29 is 0 Å². The molecule has 2 aromatic rings. The van der Waals surface area contributed by atoms with Crippen molar-refractivity contribution in [1.29, 1.82) is 0 Å². The molecule has 1 N–H and O–H groups in total. The molecule has 0 radical (unpaired) electrons. The summed E-state index contributed by atoms with van der Waals surface area (Å²) in [6.45, 7) is 0. The van der Waals surface area contributed by atoms with Crippen molar-refractivity contribution in [2.75, 3.05) is 7.05 Å². The molecule has 1 fully saturated rings. The number of nitrogens with one attached hydrogen (secondary N) is 1. The molecule has 108 valence electrons. The quantitative estimate of drug-likeness (QED) is 0.847. The van der Waals surface area contributed by atoms with Gasteiger partial charge in [0.25, 0.3) is 0 Å². The van der Waals surface area contributed by atoms with Crippen LogP contribution in [0.2, 0.25) is 0 Å². The van der Waals surface area contributed by atoms with Crippen molar-refractivity contribution in [2.24, 2.45) is 0 Å². The minimum Gasteiger partial charge on any atom is -0.313 e. The van der Waals surface area contributed by atoms with Gasteiger partial charge in [0.2, 0.25) is 0 Å². The Bertz CT molecular complexity index is 637. The fourth-order valence-electron chi connectivity index (χ4n) is 3.79. The fraction of sp³-hybridized carbons (Fsp3) is 0.400. The van der Waals surface area contributed by atoms with Crippen molar-refractivity contribution >= 4 is 0 Å². The molecule has 0 bridgehead atoms. The van der Waals surface area contributed by atoms with Crippen molar-refractivity contribution in [3.8, 4) is 11.1 Å². The molecule has 1 saturated carbocycles. The SMILES string of the molecule is CNC1CCc2cc(-c3ccc(C4CCC4)cc3)ccc21. The highest BCUT2D eigenvalue weighted by atomic mass is 14.9. The van der Waals surface area contributed by atoms with Crippen molar-refractivity contribution in [3.63, 3.8) is 0 Å². The van der Waals surface area contributed by atoms with Crippen LogP contribution in [0.4, 0.5) is 0 Å². The summed E-state index contributed by atoms with van der Waals surface area (Å²) in [5, 5.41) is 3.41. The average Bonchev–Trinajstić information content (AvgIpc) is 2.88. The monoisotopic (exact) mass is 277 g/mol. The van der Waals surface area contributed by atoms with Crippen LogP contribution in [0.15, 0.2) is 42.5 Å². The lowest BCUT2D eigenvalue weighted by Gasteiger charge is -2.25. The lowest BCUT2D eigenvalue weighted by molar-refractivity contribution is 0.420. The van der Waals surface area contributed by atoms with Gasteiger partial charge < -0.3 is 5.32 Å². The zero-order chi connectivity index (χ0) is 14.2. The normalized spacial score (nSPS) is 21.1. The second-order valence-corrected chi connectivity index (χ2v) is 6.54. The molecule has 2 aliphatic rings. The van der Waals surface area contributed by atoms with Gasteiger partial charge in [0.15, 0.2) is 0 Å². The lowest BCUT2D eigenvalue weighted by Crippen LogP contribution is -2.12. The Labute approximate surface area is 127 Å². The predicted molar refractivity (Wildman–Crippen MR) is 88.6 cm³/mol. The third-order valence-electron chi connectivity index (χ3n) is 5.39. The van der Waals surface area contributed by atoms with E-state index in [1.165, 1.54) is 59.9 Å². The van der Waals surface area contributed by atoms with Gasteiger partial charge >= 0.3 is 0 Å². The maximum Gasteiger partial charge on any atom is 0.0323 e. The Kier molecular flexibility index (Phi) is 3.31. The van der Waals surface area contributed by atoms with E-state index in [0.29, 0.717) is 6.04 Å². The van der Waals surface area contributed by atoms with E-state index in [9.17, 15) is 0 Å². The summed E-state index contributed by atoms with van der Waals surface area (Å²) in [4.78, 5) is 0. The van der Waals surface area contributed by atoms with Crippen LogP contribution in [0.5, 0.6) is 0 Å². The molecule has 0 amide bonds. The van der Waals surface area contributed by atoms with Crippen LogP contribution in [0.3, 0.4) is 0 Å². The summed E-state index contributed by atoms with van der Waals surface area (Å²) in [7, 11) is 2.06. The van der Waals surface area contributed by atoms with E-state index in [2.05, 4.69) is 54.8 Å². The van der Waals surface area contributed by atoms with Gasteiger partial charge in [-0.3, -0.25) is 0 Å². The van der Waals surface area contributed by atoms with Crippen LogP contribution in [0.25, 0.3) is 11.1 Å². The topological polar surface area (TPSA) is 12.0 Å². The van der Waals surface area contributed by atoms with Crippen molar-refractivity contribution in [1.82, 2.24) is 5.32 Å². The van der Waals surface area contributed by atoms with E-state index in [-0.39, 0.29) is 0 Å². The number of hydrogen-bond donors (Lipinski definition) is 1. The molecule has 21 heavy (non-hydrogen) atoms. The largest absolute Gasteiger partial charge is 0.313 e. The standard InChI is InChI=1S/C20H23N/c1-21-20-12-10-18-13-17(9-11-19(18)20)16-7-5-15(6-8-16)14-3-2-4-14/h5-9,11,13-14,20-21H,2-4,10,12H2,1H3. The van der Waals surface area contributed by atoms with Crippen LogP contribution < -0.4 is 5.32 Å². The highest BCUT2D eigenvalue weighted by Gasteiger charge is 2.21. The zero-order valence-corrected chi connectivity index (χ0v) is 12.7. The van der Waals surface area contributed by atoms with E-state index >= 15 is 0 Å². The fourth-order valence-corrected chi connectivity index (χ4v) is 3.79. The maximum atomic E-state index is 3.41. The van der Waals surface area contributed by atoms with E-state index < -0.39 is 0 Å². The summed E-state index contributed by atoms with van der Waals surface area (Å²) in [5.41, 5.74) is 7.27. The Morgan fingerprint density at radius 2 is 1.67 bits per heavy atom. The van der Waals surface area contributed by atoms with Gasteiger partial charge in [-0.25, -0.2) is 0 Å². The highest BCUT2D eigenvalue weighted by Crippen LogP contribution is 2.38. The van der Waals surface area contributed by atoms with Crippen LogP contribution in [-0.4, -0.2) is 7.05 Å². The van der Waals surface area contributed by atoms with E-state index in [0.717, 1.165) is 5.92 Å². The van der Waals surface area contributed by atoms with Gasteiger partial charge in [-0.15, -0.1) is 0 Å². The summed E-state index contributed by atoms with van der Waals surface area (Å²) in [6, 6.07) is 16.8. The number of fused-ring (bicyclic) bond motifs is 1. The van der Waals surface area contributed by atoms with Gasteiger partial charge in [-0.1, -0.05) is 48.9 Å². The maximum absolute atomic E-state index is 3.41. The second kappa shape index (κ2) is 5.31. The molecule has 1 nitrogen and oxygen atoms in total. The zero-order valence-electron chi connectivity index (χ0n) is 12.7. The third kappa shape index (κ3) is 2.30. The first-order valence-electron chi connectivity index (χ1n) is 8.25. The van der Waals surface area contributed by atoms with Crippen LogP contribution >= 0.6 is 0 Å². The van der Waals surface area contributed by atoms with E-state index in [4.69, 9.17) is 0 Å². The van der Waals surface area contributed by atoms with Crippen molar-refractivity contribution in [3.05, 3.63) is 59.2 Å². The second-order valence-electron chi connectivity index (χ2n) is 6.54. The van der Waals surface area contributed by atoms with Crippen LogP contribution in [0, 0.1) is 0 Å². The first-order valence-corrected chi connectivity index (χ1v) is 8.25. The first-order chi connectivity index (χ1) is 10.3. The smallest absolute Gasteiger partial charge is 0.0323 e. The molecule has 1 unspecified atom stereocenters. The molecule has 2 aliphatic carbocycles. The summed E-state index contributed by atoms with van der Waals surface area (Å²) in [6.07, 6.45) is 6.60. The molecule has 4 rings (SSSR count). The molecule has 0 aromatic heterocycles. The van der Waals surface area contributed by atoms with Gasteiger partial charge in [-0.2, -0.15) is 0 Å². The Hall–Kier alpha value is -1.60. The van der Waals surface area contributed by atoms with Gasteiger partial charge in [0.1, 0.15) is 0 Å². The summed E-state index contributed by atoms with van der Waals surface area (Å²) < 4.78 is 0. The molecular weight excluding hydrogens is 254 g/mol. The third-order valence-corrected chi connectivity index (χ3v) is 5.39. The van der Waals surface area contributed by atoms with Crippen molar-refractivity contribution in [2.45, 2.75) is 44.1 Å². The molecule has 1 heteroatoms. The molecule has 0 spiro atoms. The highest BCUT2D eigenvalue weighted by molar-refractivity contribution is 5.66. The number of aryl methyl sites for hydroxylation is 1. The Morgan fingerprint density at radius 1 is 0.905 bits per heavy atom. The van der Waals surface area contributed by atoms with Crippen LogP contribution in [-0.2, 0) is 6.42 Å². The minimum atomic E-state index is 0.551. The Balaban J connectivity index is 1.61. The van der Waals surface area contributed by atoms with Gasteiger partial charge in [0.05, 0.1) is 0 Å². The minimum absolute atomic E-state index is 0.551. The average molecular weight is 277 g/mol. The number of rotatable bonds is 3. The van der Waals surface area contributed by atoms with Crippen LogP contribution in [0.1, 0.15) is 54.3 Å². The van der Waals surface area contributed by atoms with Gasteiger partial charge in [-0.05, 0) is 66.5 Å². The lowest BCUT2D eigenvalue weighted by atomic mass is 9.80. The molecule has 2 aromatic carbocycles. The molecule has 0 aliphatic heterocycles. The number of hydrogen-bond acceptors (Lipinski definition) is 1. The summed E-state index contributed by atoms with van der Waals surface area (Å²) in [5.74, 6) is 0.829. The molecule has 1 atom stereocenters.